The number of benzene rings is 1. The molecule has 1 aromatic carbocycles. The van der Waals surface area contributed by atoms with Crippen molar-refractivity contribution in [2.75, 3.05) is 21.5 Å². The van der Waals surface area contributed by atoms with E-state index in [4.69, 9.17) is 23.5 Å². The zero-order valence-electron chi connectivity index (χ0n) is 19.1. The fraction of sp³-hybridized carbons (Fsp3) is 0.391. The van der Waals surface area contributed by atoms with Crippen LogP contribution in [-0.2, 0) is 4.79 Å². The molecule has 0 atom stereocenters. The molecule has 1 aliphatic heterocycles. The minimum absolute atomic E-state index is 0.0967. The highest BCUT2D eigenvalue weighted by Crippen LogP contribution is 2.48. The molecule has 1 amide bonds. The van der Waals surface area contributed by atoms with Crippen molar-refractivity contribution >= 4 is 52.2 Å². The maximum absolute atomic E-state index is 14.8. The molecule has 0 unspecified atom stereocenters. The summed E-state index contributed by atoms with van der Waals surface area (Å²) >= 11 is 5.78. The Hall–Kier alpha value is -3.05. The lowest BCUT2D eigenvalue weighted by molar-refractivity contribution is -0.271. The third-order valence-corrected chi connectivity index (χ3v) is 7.38. The average molecular weight is 561 g/mol. The fourth-order valence-electron chi connectivity index (χ4n) is 4.10. The predicted octanol–water partition coefficient (Wildman–Crippen LogP) is 6.41. The van der Waals surface area contributed by atoms with Crippen molar-refractivity contribution in [1.29, 1.82) is 0 Å². The molecule has 2 aromatic rings. The number of pyridine rings is 1. The third-order valence-electron chi connectivity index (χ3n) is 6.16. The number of thiocarbonyl (C=S) groups is 1. The molecule has 0 radical (unpaired) electrons. The van der Waals surface area contributed by atoms with Gasteiger partial charge in [-0.05, 0) is 62.2 Å². The normalized spacial score (nSPS) is 17.2. The first-order chi connectivity index (χ1) is 17.3. The molecule has 14 heteroatoms. The van der Waals surface area contributed by atoms with E-state index in [1.54, 1.807) is 17.9 Å². The zero-order chi connectivity index (χ0) is 27.2. The summed E-state index contributed by atoms with van der Waals surface area (Å²) in [5.74, 6) is -8.45. The molecule has 0 bridgehead atoms. The zero-order valence-corrected chi connectivity index (χ0v) is 20.7. The maximum Gasteiger partial charge on any atom is 0.454 e. The quantitative estimate of drug-likeness (QED) is 0.128. The Morgan fingerprint density at radius 2 is 1.92 bits per heavy atom. The molecular weight excluding hydrogens is 542 g/mol. The lowest BCUT2D eigenvalue weighted by Crippen LogP contribution is -2.55. The van der Waals surface area contributed by atoms with E-state index < -0.39 is 35.1 Å². The average Bonchev–Trinajstić information content (AvgIpc) is 3.03. The van der Waals surface area contributed by atoms with Gasteiger partial charge in [-0.2, -0.15) is 22.0 Å². The van der Waals surface area contributed by atoms with Crippen LogP contribution in [0, 0.1) is 19.3 Å². The molecule has 2 fully saturated rings. The van der Waals surface area contributed by atoms with Gasteiger partial charge in [-0.25, -0.2) is 4.39 Å². The number of thioether (sulfide) groups is 1. The van der Waals surface area contributed by atoms with E-state index in [1.165, 1.54) is 23.2 Å². The van der Waals surface area contributed by atoms with Crippen LogP contribution in [0.1, 0.15) is 24.8 Å². The monoisotopic (exact) mass is 560 g/mol. The van der Waals surface area contributed by atoms with Gasteiger partial charge in [0.1, 0.15) is 17.7 Å². The van der Waals surface area contributed by atoms with Crippen LogP contribution in [0.25, 0.3) is 4.85 Å². The van der Waals surface area contributed by atoms with Crippen LogP contribution in [-0.4, -0.2) is 45.3 Å². The van der Waals surface area contributed by atoms with Crippen LogP contribution in [0.2, 0.25) is 0 Å². The number of alkyl halides is 5. The highest BCUT2D eigenvalue weighted by atomic mass is 32.2. The number of aromatic nitrogens is 1. The number of ether oxygens (including phenoxy) is 1. The molecule has 196 valence electrons. The highest BCUT2D eigenvalue weighted by Gasteiger charge is 2.60. The van der Waals surface area contributed by atoms with Gasteiger partial charge < -0.3 is 14.5 Å². The summed E-state index contributed by atoms with van der Waals surface area (Å²) in [7, 11) is 0. The number of hydrogen-bond acceptors (Lipinski definition) is 5. The largest absolute Gasteiger partial charge is 0.480 e. The molecule has 2 heterocycles. The summed E-state index contributed by atoms with van der Waals surface area (Å²) in [5, 5.41) is 0.0967. The molecule has 0 N–H and O–H groups in total. The topological polar surface area (TPSA) is 50.0 Å². The molecule has 6 nitrogen and oxygen atoms in total. The number of halogens is 6. The van der Waals surface area contributed by atoms with E-state index >= 15 is 0 Å². The molecule has 1 aliphatic carbocycles. The molecule has 1 aromatic heterocycles. The van der Waals surface area contributed by atoms with Gasteiger partial charge in [0.15, 0.2) is 16.7 Å². The Kier molecular flexibility index (Phi) is 7.06. The van der Waals surface area contributed by atoms with Crippen LogP contribution in [0.3, 0.4) is 0 Å². The Labute approximate surface area is 217 Å². The Morgan fingerprint density at radius 1 is 1.22 bits per heavy atom. The lowest BCUT2D eigenvalue weighted by Gasteiger charge is -2.43. The van der Waals surface area contributed by atoms with Crippen LogP contribution >= 0.6 is 24.0 Å². The van der Waals surface area contributed by atoms with Gasteiger partial charge in [0, 0.05) is 11.8 Å². The van der Waals surface area contributed by atoms with Crippen LogP contribution < -0.4 is 14.5 Å². The van der Waals surface area contributed by atoms with Gasteiger partial charge in [0.2, 0.25) is 0 Å². The minimum Gasteiger partial charge on any atom is -0.480 e. The van der Waals surface area contributed by atoms with Crippen molar-refractivity contribution in [3.8, 4) is 5.75 Å². The molecular formula is C23H18F6N4O2S2. The lowest BCUT2D eigenvalue weighted by atomic mass is 9.75. The van der Waals surface area contributed by atoms with Crippen molar-refractivity contribution in [3.63, 3.8) is 0 Å². The van der Waals surface area contributed by atoms with Crippen molar-refractivity contribution in [2.45, 2.75) is 43.8 Å². The van der Waals surface area contributed by atoms with Gasteiger partial charge in [0.25, 0.3) is 11.7 Å². The maximum atomic E-state index is 14.8. The van der Waals surface area contributed by atoms with Gasteiger partial charge in [-0.1, -0.05) is 6.57 Å². The summed E-state index contributed by atoms with van der Waals surface area (Å²) in [6.07, 6.45) is -2.62. The number of carbonyl (C=O) groups excluding carboxylic acids is 1. The van der Waals surface area contributed by atoms with Gasteiger partial charge in [-0.15, -0.1) is 16.7 Å². The molecule has 1 spiro atoms. The summed E-state index contributed by atoms with van der Waals surface area (Å²) in [6, 6.07) is 5.32. The minimum atomic E-state index is -5.68. The highest BCUT2D eigenvalue weighted by molar-refractivity contribution is 7.99. The first-order valence-corrected chi connectivity index (χ1v) is 12.4. The number of carbonyl (C=O) groups is 1. The molecule has 4 rings (SSSR count). The third kappa shape index (κ3) is 4.70. The van der Waals surface area contributed by atoms with E-state index in [1.807, 2.05) is 0 Å². The first-order valence-electron chi connectivity index (χ1n) is 10.8. The van der Waals surface area contributed by atoms with Crippen molar-refractivity contribution < 1.29 is 35.9 Å². The first kappa shape index (κ1) is 27.0. The van der Waals surface area contributed by atoms with Gasteiger partial charge >= 0.3 is 12.1 Å². The number of amides is 1. The SMILES string of the molecule is [C-]#[N+]c1ncc(N2C(=O)C3(CCC3)N(c3ccc(OCSCC(F)(F)C(F)(F)F)c(F)c3)C2=S)cc1C. The van der Waals surface area contributed by atoms with Gasteiger partial charge in [-0.3, -0.25) is 9.69 Å². The second kappa shape index (κ2) is 9.68. The Bertz CT molecular complexity index is 1290. The van der Waals surface area contributed by atoms with E-state index in [9.17, 15) is 31.1 Å². The van der Waals surface area contributed by atoms with E-state index in [0.29, 0.717) is 24.1 Å². The van der Waals surface area contributed by atoms with E-state index in [0.717, 1.165) is 12.5 Å². The van der Waals surface area contributed by atoms with Crippen LogP contribution in [0.15, 0.2) is 30.5 Å². The Balaban J connectivity index is 1.53. The summed E-state index contributed by atoms with van der Waals surface area (Å²) in [4.78, 5) is 23.7. The predicted molar refractivity (Wildman–Crippen MR) is 130 cm³/mol. The summed E-state index contributed by atoms with van der Waals surface area (Å²) < 4.78 is 82.7. The summed E-state index contributed by atoms with van der Waals surface area (Å²) in [6.45, 7) is 8.84. The number of anilines is 2. The Morgan fingerprint density at radius 3 is 2.46 bits per heavy atom. The van der Waals surface area contributed by atoms with Crippen molar-refractivity contribution in [3.05, 3.63) is 53.3 Å². The van der Waals surface area contributed by atoms with E-state index in [-0.39, 0.29) is 40.0 Å². The second-order valence-electron chi connectivity index (χ2n) is 8.52. The van der Waals surface area contributed by atoms with Crippen molar-refractivity contribution in [2.24, 2.45) is 0 Å². The van der Waals surface area contributed by atoms with Crippen LogP contribution in [0.4, 0.5) is 43.5 Å². The molecule has 1 saturated heterocycles. The number of aryl methyl sites for hydroxylation is 1. The van der Waals surface area contributed by atoms with Gasteiger partial charge in [0.05, 0.1) is 11.4 Å². The standard InChI is InChI=1S/C23H18F6N4O2S2/c1-13-8-15(10-31-18(13)30-2)32-19(34)21(6-3-7-21)33(20(32)36)14-4-5-17(16(24)9-14)35-12-37-11-22(25,26)23(27,28)29/h4-5,8-10H,3,6-7,11-12H2,1H3. The molecule has 1 saturated carbocycles. The molecule has 2 aliphatic rings. The van der Waals surface area contributed by atoms with Crippen LogP contribution in [0.5, 0.6) is 5.75 Å². The van der Waals surface area contributed by atoms with E-state index in [2.05, 4.69) is 9.83 Å². The number of rotatable bonds is 7. The second-order valence-corrected chi connectivity index (χ2v) is 9.81. The number of nitrogens with zero attached hydrogens (tertiary/aromatic N) is 4. The molecule has 37 heavy (non-hydrogen) atoms. The van der Waals surface area contributed by atoms with Crippen molar-refractivity contribution in [1.82, 2.24) is 4.98 Å². The number of hydrogen-bond donors (Lipinski definition) is 0. The smallest absolute Gasteiger partial charge is 0.454 e. The fourth-order valence-corrected chi connectivity index (χ4v) is 5.29. The summed E-state index contributed by atoms with van der Waals surface area (Å²) in [5.41, 5.74) is 0.172.